The van der Waals surface area contributed by atoms with Crippen LogP contribution in [0.4, 0.5) is 0 Å². The largest absolute Gasteiger partial charge is 0.461 e. The maximum absolute atomic E-state index is 11.2. The smallest absolute Gasteiger partial charge is 0.390 e. The van der Waals surface area contributed by atoms with Crippen LogP contribution in [-0.2, 0) is 9.53 Å². The van der Waals surface area contributed by atoms with E-state index < -0.39 is 16.9 Å². The van der Waals surface area contributed by atoms with E-state index in [1.807, 2.05) is 0 Å². The molecule has 1 atom stereocenters. The summed E-state index contributed by atoms with van der Waals surface area (Å²) in [4.78, 5) is 24.9. The van der Waals surface area contributed by atoms with Crippen LogP contribution in [0.15, 0.2) is 4.99 Å². The first kappa shape index (κ1) is 10.4. The summed E-state index contributed by atoms with van der Waals surface area (Å²) in [5.74, 6) is -0.779. The van der Waals surface area contributed by atoms with Crippen LogP contribution in [0.1, 0.15) is 6.92 Å². The normalized spacial score (nSPS) is 16.8. The van der Waals surface area contributed by atoms with Crippen molar-refractivity contribution in [2.75, 3.05) is 19.7 Å². The molecule has 1 heterocycles. The third-order valence-corrected chi connectivity index (χ3v) is 1.68. The van der Waals surface area contributed by atoms with Crippen molar-refractivity contribution in [2.24, 2.45) is 4.99 Å². The summed E-state index contributed by atoms with van der Waals surface area (Å²) in [6.07, 6.45) is 0. The topological polar surface area (TPSA) is 93.8 Å². The number of nitrogens with zero attached hydrogens (tertiary/aromatic N) is 2. The van der Waals surface area contributed by atoms with E-state index in [-0.39, 0.29) is 12.4 Å². The minimum atomic E-state index is -1.50. The Morgan fingerprint density at radius 3 is 3.00 bits per heavy atom. The molecule has 0 saturated carbocycles. The van der Waals surface area contributed by atoms with Crippen LogP contribution in [0.2, 0.25) is 0 Å². The summed E-state index contributed by atoms with van der Waals surface area (Å²) in [7, 11) is 0. The van der Waals surface area contributed by atoms with Gasteiger partial charge >= 0.3 is 12.0 Å². The van der Waals surface area contributed by atoms with Gasteiger partial charge in [-0.1, -0.05) is 0 Å². The third-order valence-electron chi connectivity index (χ3n) is 1.68. The maximum atomic E-state index is 11.2. The molecule has 0 saturated heterocycles. The second kappa shape index (κ2) is 4.54. The highest BCUT2D eigenvalue weighted by Gasteiger charge is 2.38. The van der Waals surface area contributed by atoms with Gasteiger partial charge in [0, 0.05) is 11.5 Å². The van der Waals surface area contributed by atoms with Crippen LogP contribution in [0.5, 0.6) is 0 Å². The number of carbonyl (C=O) groups is 1. The highest BCUT2D eigenvalue weighted by Crippen LogP contribution is 2.00. The number of amidine groups is 1. The van der Waals surface area contributed by atoms with Crippen LogP contribution in [0, 0.1) is 10.1 Å². The first-order valence-corrected chi connectivity index (χ1v) is 4.25. The summed E-state index contributed by atoms with van der Waals surface area (Å²) >= 11 is 0. The van der Waals surface area contributed by atoms with E-state index in [1.54, 1.807) is 6.92 Å². The second-order valence-corrected chi connectivity index (χ2v) is 2.63. The Morgan fingerprint density at radius 2 is 2.57 bits per heavy atom. The monoisotopic (exact) mass is 201 g/mol. The van der Waals surface area contributed by atoms with E-state index in [1.165, 1.54) is 0 Å². The molecule has 0 spiro atoms. The van der Waals surface area contributed by atoms with Crippen molar-refractivity contribution >= 4 is 11.8 Å². The molecule has 14 heavy (non-hydrogen) atoms. The Morgan fingerprint density at radius 1 is 1.86 bits per heavy atom. The Hall–Kier alpha value is -1.66. The molecule has 0 aromatic heterocycles. The lowest BCUT2D eigenvalue weighted by molar-refractivity contribution is -0.492. The predicted molar refractivity (Wildman–Crippen MR) is 47.7 cm³/mol. The standard InChI is InChI=1S/C7H11N3O4/c1-2-14-7(11)5(10(12)13)6-8-3-4-9-6/h5H,2-4H2,1H3,(H,8,9). The molecule has 0 aliphatic carbocycles. The van der Waals surface area contributed by atoms with Gasteiger partial charge in [0.25, 0.3) is 0 Å². The SMILES string of the molecule is CCOC(=O)C(C1=NCCN1)[N+](=O)[O-]. The lowest BCUT2D eigenvalue weighted by Crippen LogP contribution is -2.44. The molecule has 1 rings (SSSR count). The predicted octanol–water partition coefficient (Wildman–Crippen LogP) is -0.803. The number of aliphatic imine (C=N–C) groups is 1. The Labute approximate surface area is 80.3 Å². The molecule has 0 radical (unpaired) electrons. The Bertz CT molecular complexity index is 276. The average Bonchev–Trinajstić information content (AvgIpc) is 2.57. The molecule has 0 fully saturated rings. The zero-order valence-electron chi connectivity index (χ0n) is 7.73. The van der Waals surface area contributed by atoms with Gasteiger partial charge in [0.15, 0.2) is 5.84 Å². The highest BCUT2D eigenvalue weighted by molar-refractivity contribution is 6.04. The van der Waals surface area contributed by atoms with E-state index in [0.29, 0.717) is 13.1 Å². The van der Waals surface area contributed by atoms with E-state index in [0.717, 1.165) is 0 Å². The molecular weight excluding hydrogens is 190 g/mol. The lowest BCUT2D eigenvalue weighted by atomic mass is 10.3. The van der Waals surface area contributed by atoms with Gasteiger partial charge in [-0.2, -0.15) is 0 Å². The average molecular weight is 201 g/mol. The molecule has 0 aromatic carbocycles. The van der Waals surface area contributed by atoms with Gasteiger partial charge in [0.2, 0.25) is 0 Å². The van der Waals surface area contributed by atoms with E-state index in [9.17, 15) is 14.9 Å². The second-order valence-electron chi connectivity index (χ2n) is 2.63. The molecule has 1 aliphatic rings. The van der Waals surface area contributed by atoms with Gasteiger partial charge in [-0.15, -0.1) is 0 Å². The number of nitro groups is 1. The fourth-order valence-electron chi connectivity index (χ4n) is 1.12. The zero-order valence-corrected chi connectivity index (χ0v) is 7.73. The molecule has 78 valence electrons. The summed E-state index contributed by atoms with van der Waals surface area (Å²) in [5.41, 5.74) is 0. The summed E-state index contributed by atoms with van der Waals surface area (Å²) in [5, 5.41) is 13.3. The van der Waals surface area contributed by atoms with Gasteiger partial charge in [-0.05, 0) is 6.92 Å². The molecule has 0 aromatic rings. The Balaban J connectivity index is 2.73. The Kier molecular flexibility index (Phi) is 3.38. The molecule has 1 N–H and O–H groups in total. The minimum absolute atomic E-state index is 0.0912. The van der Waals surface area contributed by atoms with Gasteiger partial charge in [0.05, 0.1) is 13.2 Å². The number of esters is 1. The van der Waals surface area contributed by atoms with Gasteiger partial charge < -0.3 is 10.1 Å². The molecule has 1 aliphatic heterocycles. The number of hydrogen-bond donors (Lipinski definition) is 1. The number of carbonyl (C=O) groups excluding carboxylic acids is 1. The van der Waals surface area contributed by atoms with Crippen molar-refractivity contribution in [3.63, 3.8) is 0 Å². The van der Waals surface area contributed by atoms with Crippen molar-refractivity contribution in [2.45, 2.75) is 13.0 Å². The van der Waals surface area contributed by atoms with Crippen molar-refractivity contribution in [3.05, 3.63) is 10.1 Å². The maximum Gasteiger partial charge on any atom is 0.390 e. The molecule has 7 heteroatoms. The minimum Gasteiger partial charge on any atom is -0.461 e. The molecule has 0 bridgehead atoms. The van der Waals surface area contributed by atoms with Crippen LogP contribution >= 0.6 is 0 Å². The van der Waals surface area contributed by atoms with E-state index in [4.69, 9.17) is 0 Å². The summed E-state index contributed by atoms with van der Waals surface area (Å²) in [6.45, 7) is 2.70. The van der Waals surface area contributed by atoms with Crippen LogP contribution in [0.3, 0.4) is 0 Å². The quantitative estimate of drug-likeness (QED) is 0.365. The van der Waals surface area contributed by atoms with Crippen LogP contribution in [0.25, 0.3) is 0 Å². The van der Waals surface area contributed by atoms with Crippen LogP contribution in [-0.4, -0.2) is 42.5 Å². The fourth-order valence-corrected chi connectivity index (χ4v) is 1.12. The van der Waals surface area contributed by atoms with Crippen molar-refractivity contribution < 1.29 is 14.5 Å². The van der Waals surface area contributed by atoms with E-state index >= 15 is 0 Å². The highest BCUT2D eigenvalue weighted by atomic mass is 16.6. The van der Waals surface area contributed by atoms with Gasteiger partial charge in [-0.3, -0.25) is 15.1 Å². The fraction of sp³-hybridized carbons (Fsp3) is 0.714. The van der Waals surface area contributed by atoms with Gasteiger partial charge in [0.1, 0.15) is 0 Å². The third kappa shape index (κ3) is 2.18. The lowest BCUT2D eigenvalue weighted by Gasteiger charge is -2.08. The zero-order chi connectivity index (χ0) is 10.6. The van der Waals surface area contributed by atoms with E-state index in [2.05, 4.69) is 15.0 Å². The van der Waals surface area contributed by atoms with Crippen molar-refractivity contribution in [1.82, 2.24) is 5.32 Å². The molecule has 0 amide bonds. The molecule has 1 unspecified atom stereocenters. The molecular formula is C7H11N3O4. The van der Waals surface area contributed by atoms with Crippen molar-refractivity contribution in [1.29, 1.82) is 0 Å². The number of ether oxygens (including phenoxy) is 1. The summed E-state index contributed by atoms with van der Waals surface area (Å²) in [6, 6.07) is -1.50. The van der Waals surface area contributed by atoms with Crippen molar-refractivity contribution in [3.8, 4) is 0 Å². The number of nitrogens with one attached hydrogen (secondary N) is 1. The first-order chi connectivity index (χ1) is 6.66. The number of hydrogen-bond acceptors (Lipinski definition) is 6. The van der Waals surface area contributed by atoms with Gasteiger partial charge in [-0.25, -0.2) is 4.79 Å². The van der Waals surface area contributed by atoms with Crippen LogP contribution < -0.4 is 5.32 Å². The first-order valence-electron chi connectivity index (χ1n) is 4.25. The summed E-state index contributed by atoms with van der Waals surface area (Å²) < 4.78 is 4.58. The molecule has 7 nitrogen and oxygen atoms in total. The number of rotatable bonds is 4.